The van der Waals surface area contributed by atoms with Gasteiger partial charge in [0.05, 0.1) is 23.0 Å². The van der Waals surface area contributed by atoms with Gasteiger partial charge >= 0.3 is 0 Å². The number of hydrogen-bond donors (Lipinski definition) is 1. The van der Waals surface area contributed by atoms with Crippen molar-refractivity contribution in [3.63, 3.8) is 0 Å². The van der Waals surface area contributed by atoms with E-state index >= 15 is 0 Å². The zero-order chi connectivity index (χ0) is 15.2. The van der Waals surface area contributed by atoms with E-state index in [2.05, 4.69) is 57.0 Å². The molecule has 1 heterocycles. The van der Waals surface area contributed by atoms with Crippen molar-refractivity contribution in [1.82, 2.24) is 15.1 Å². The highest BCUT2D eigenvalue weighted by Crippen LogP contribution is 2.22. The van der Waals surface area contributed by atoms with Crippen LogP contribution in [0.4, 0.5) is 0 Å². The first-order valence-electron chi connectivity index (χ1n) is 7.27. The maximum absolute atomic E-state index is 5.24. The summed E-state index contributed by atoms with van der Waals surface area (Å²) in [6.07, 6.45) is 0.941. The van der Waals surface area contributed by atoms with Crippen LogP contribution in [0.3, 0.4) is 0 Å². The third-order valence-electron chi connectivity index (χ3n) is 3.45. The average Bonchev–Trinajstić information content (AvgIpc) is 2.83. The molecule has 1 aromatic heterocycles. The van der Waals surface area contributed by atoms with Crippen LogP contribution in [0.15, 0.2) is 28.7 Å². The molecule has 0 atom stereocenters. The van der Waals surface area contributed by atoms with E-state index in [0.717, 1.165) is 42.0 Å². The van der Waals surface area contributed by atoms with Gasteiger partial charge in [-0.1, -0.05) is 19.1 Å². The van der Waals surface area contributed by atoms with Gasteiger partial charge in [-0.3, -0.25) is 4.68 Å². The molecule has 0 aliphatic carbocycles. The quantitative estimate of drug-likeness (QED) is 0.829. The molecule has 4 nitrogen and oxygen atoms in total. The lowest BCUT2D eigenvalue weighted by molar-refractivity contribution is 0.414. The van der Waals surface area contributed by atoms with E-state index in [9.17, 15) is 0 Å². The maximum atomic E-state index is 5.24. The van der Waals surface area contributed by atoms with Crippen LogP contribution in [-0.2, 0) is 26.1 Å². The molecule has 21 heavy (non-hydrogen) atoms. The number of hydrogen-bond acceptors (Lipinski definition) is 3. The van der Waals surface area contributed by atoms with E-state index in [4.69, 9.17) is 4.74 Å². The minimum absolute atomic E-state index is 0.790. The minimum atomic E-state index is 0.790. The van der Waals surface area contributed by atoms with Gasteiger partial charge < -0.3 is 10.1 Å². The van der Waals surface area contributed by atoms with E-state index in [1.807, 2.05) is 12.1 Å². The van der Waals surface area contributed by atoms with Crippen molar-refractivity contribution < 1.29 is 4.74 Å². The summed E-state index contributed by atoms with van der Waals surface area (Å²) in [5, 5.41) is 8.09. The lowest BCUT2D eigenvalue weighted by atomic mass is 10.2. The Hall–Kier alpha value is -1.33. The van der Waals surface area contributed by atoms with E-state index in [1.165, 1.54) is 11.3 Å². The first kappa shape index (κ1) is 16.0. The first-order valence-corrected chi connectivity index (χ1v) is 8.06. The summed E-state index contributed by atoms with van der Waals surface area (Å²) < 4.78 is 8.43. The summed E-state index contributed by atoms with van der Waals surface area (Å²) in [6, 6.07) is 8.12. The fourth-order valence-corrected chi connectivity index (χ4v) is 3.00. The van der Waals surface area contributed by atoms with Crippen molar-refractivity contribution in [3.05, 3.63) is 45.7 Å². The second kappa shape index (κ2) is 7.61. The Bertz CT molecular complexity index is 595. The molecule has 0 saturated heterocycles. The summed E-state index contributed by atoms with van der Waals surface area (Å²) in [4.78, 5) is 0. The van der Waals surface area contributed by atoms with E-state index in [-0.39, 0.29) is 0 Å². The van der Waals surface area contributed by atoms with Gasteiger partial charge in [-0.2, -0.15) is 5.10 Å². The zero-order valence-corrected chi connectivity index (χ0v) is 14.4. The Morgan fingerprint density at radius 1 is 1.29 bits per heavy atom. The molecule has 5 heteroatoms. The summed E-state index contributed by atoms with van der Waals surface area (Å²) in [6.45, 7) is 6.72. The smallest absolute Gasteiger partial charge is 0.119 e. The Kier molecular flexibility index (Phi) is 5.82. The molecule has 0 fully saturated rings. The van der Waals surface area contributed by atoms with Crippen LogP contribution >= 0.6 is 15.9 Å². The topological polar surface area (TPSA) is 39.1 Å². The van der Waals surface area contributed by atoms with Crippen molar-refractivity contribution in [2.24, 2.45) is 0 Å². The number of benzene rings is 1. The van der Waals surface area contributed by atoms with Gasteiger partial charge in [0.1, 0.15) is 5.75 Å². The van der Waals surface area contributed by atoms with Crippen molar-refractivity contribution in [1.29, 1.82) is 0 Å². The lowest BCUT2D eigenvalue weighted by Crippen LogP contribution is -2.16. The Morgan fingerprint density at radius 2 is 2.10 bits per heavy atom. The van der Waals surface area contributed by atoms with Crippen LogP contribution in [0.1, 0.15) is 30.8 Å². The molecule has 0 unspecified atom stereocenters. The van der Waals surface area contributed by atoms with E-state index < -0.39 is 0 Å². The number of aromatic nitrogens is 2. The third kappa shape index (κ3) is 3.86. The van der Waals surface area contributed by atoms with Gasteiger partial charge in [-0.15, -0.1) is 0 Å². The molecule has 2 aromatic rings. The fraction of sp³-hybridized carbons (Fsp3) is 0.438. The molecule has 0 amide bonds. The predicted octanol–water partition coefficient (Wildman–Crippen LogP) is 3.53. The van der Waals surface area contributed by atoms with E-state index in [0.29, 0.717) is 0 Å². The number of rotatable bonds is 7. The zero-order valence-electron chi connectivity index (χ0n) is 12.8. The molecular weight excluding hydrogens is 330 g/mol. The number of nitrogens with one attached hydrogen (secondary N) is 1. The summed E-state index contributed by atoms with van der Waals surface area (Å²) >= 11 is 3.67. The lowest BCUT2D eigenvalue weighted by Gasteiger charge is -2.08. The number of halogens is 1. The van der Waals surface area contributed by atoms with Crippen LogP contribution in [0, 0.1) is 0 Å². The third-order valence-corrected chi connectivity index (χ3v) is 4.37. The van der Waals surface area contributed by atoms with Gasteiger partial charge in [0, 0.05) is 19.6 Å². The normalized spacial score (nSPS) is 10.9. The predicted molar refractivity (Wildman–Crippen MR) is 88.5 cm³/mol. The second-order valence-corrected chi connectivity index (χ2v) is 5.62. The number of methoxy groups -OCH3 is 1. The van der Waals surface area contributed by atoms with Crippen molar-refractivity contribution >= 4 is 15.9 Å². The molecule has 0 aliphatic heterocycles. The molecule has 0 spiro atoms. The maximum Gasteiger partial charge on any atom is 0.119 e. The van der Waals surface area contributed by atoms with Crippen LogP contribution in [0.25, 0.3) is 0 Å². The van der Waals surface area contributed by atoms with Crippen LogP contribution < -0.4 is 10.1 Å². The summed E-state index contributed by atoms with van der Waals surface area (Å²) in [5.74, 6) is 0.891. The Morgan fingerprint density at radius 3 is 2.76 bits per heavy atom. The van der Waals surface area contributed by atoms with Gasteiger partial charge in [-0.05, 0) is 47.0 Å². The van der Waals surface area contributed by atoms with Crippen molar-refractivity contribution in [3.8, 4) is 5.75 Å². The van der Waals surface area contributed by atoms with Gasteiger partial charge in [-0.25, -0.2) is 0 Å². The fourth-order valence-electron chi connectivity index (χ4n) is 2.29. The SMILES string of the molecule is CCc1nn(CC)c(CNCc2cccc(OC)c2)c1Br. The molecular formula is C16H22BrN3O. The van der Waals surface area contributed by atoms with E-state index in [1.54, 1.807) is 7.11 Å². The molecule has 114 valence electrons. The molecule has 0 saturated carbocycles. The largest absolute Gasteiger partial charge is 0.497 e. The van der Waals surface area contributed by atoms with Crippen LogP contribution in [-0.4, -0.2) is 16.9 Å². The van der Waals surface area contributed by atoms with Gasteiger partial charge in [0.25, 0.3) is 0 Å². The standard InChI is InChI=1S/C16H22BrN3O/c1-4-14-16(17)15(20(5-2)19-14)11-18-10-12-7-6-8-13(9-12)21-3/h6-9,18H,4-5,10-11H2,1-3H3. The number of ether oxygens (including phenoxy) is 1. The second-order valence-electron chi connectivity index (χ2n) is 4.83. The molecule has 0 bridgehead atoms. The highest BCUT2D eigenvalue weighted by molar-refractivity contribution is 9.10. The monoisotopic (exact) mass is 351 g/mol. The van der Waals surface area contributed by atoms with Crippen molar-refractivity contribution in [2.75, 3.05) is 7.11 Å². The minimum Gasteiger partial charge on any atom is -0.497 e. The van der Waals surface area contributed by atoms with Crippen LogP contribution in [0.2, 0.25) is 0 Å². The Balaban J connectivity index is 2.01. The summed E-state index contributed by atoms with van der Waals surface area (Å²) in [7, 11) is 1.69. The molecule has 0 radical (unpaired) electrons. The Labute approximate surface area is 134 Å². The van der Waals surface area contributed by atoms with Gasteiger partial charge in [0.2, 0.25) is 0 Å². The molecule has 2 rings (SSSR count). The molecule has 1 aromatic carbocycles. The number of nitrogens with zero attached hydrogens (tertiary/aromatic N) is 2. The highest BCUT2D eigenvalue weighted by atomic mass is 79.9. The van der Waals surface area contributed by atoms with Gasteiger partial charge in [0.15, 0.2) is 0 Å². The average molecular weight is 352 g/mol. The first-order chi connectivity index (χ1) is 10.2. The summed E-state index contributed by atoms with van der Waals surface area (Å²) in [5.41, 5.74) is 3.54. The van der Waals surface area contributed by atoms with Crippen molar-refractivity contribution in [2.45, 2.75) is 39.9 Å². The molecule has 1 N–H and O–H groups in total. The molecule has 0 aliphatic rings. The van der Waals surface area contributed by atoms with Crippen LogP contribution in [0.5, 0.6) is 5.75 Å². The highest BCUT2D eigenvalue weighted by Gasteiger charge is 2.13. The number of aryl methyl sites for hydroxylation is 2.